The molecule has 3 rings (SSSR count). The smallest absolute Gasteiger partial charge is 0.261 e. The quantitative estimate of drug-likeness (QED) is 0.681. The number of piperidine rings is 1. The molecule has 2 aromatic rings. The van der Waals surface area contributed by atoms with Crippen molar-refractivity contribution in [3.63, 3.8) is 0 Å². The van der Waals surface area contributed by atoms with Crippen LogP contribution < -0.4 is 10.6 Å². The van der Waals surface area contributed by atoms with E-state index < -0.39 is 0 Å². The molecule has 0 saturated carbocycles. The second kappa shape index (κ2) is 9.80. The van der Waals surface area contributed by atoms with Crippen molar-refractivity contribution < 1.29 is 14.4 Å². The first kappa shape index (κ1) is 21.2. The van der Waals surface area contributed by atoms with E-state index in [0.717, 1.165) is 35.7 Å². The van der Waals surface area contributed by atoms with Crippen molar-refractivity contribution in [3.05, 3.63) is 51.7 Å². The van der Waals surface area contributed by atoms with E-state index in [1.807, 2.05) is 19.1 Å². The number of hydrogen-bond donors (Lipinski definition) is 2. The van der Waals surface area contributed by atoms with Gasteiger partial charge >= 0.3 is 0 Å². The number of nitrogens with zero attached hydrogens (tertiary/aromatic N) is 1. The summed E-state index contributed by atoms with van der Waals surface area (Å²) in [6.07, 6.45) is 2.20. The maximum absolute atomic E-state index is 12.3. The molecular formula is C22H27N3O3S. The lowest BCUT2D eigenvalue weighted by Crippen LogP contribution is -2.45. The number of carbonyl (C=O) groups excluding carboxylic acids is 3. The summed E-state index contributed by atoms with van der Waals surface area (Å²) in [5.74, 6) is -0.0197. The minimum absolute atomic E-state index is 0.00738. The number of anilines is 1. The third-order valence-electron chi connectivity index (χ3n) is 5.12. The molecule has 2 N–H and O–H groups in total. The minimum atomic E-state index is -0.0379. The first-order valence-electron chi connectivity index (χ1n) is 9.91. The Labute approximate surface area is 175 Å². The number of rotatable bonds is 7. The highest BCUT2D eigenvalue weighted by molar-refractivity contribution is 7.13. The van der Waals surface area contributed by atoms with Crippen molar-refractivity contribution in [1.82, 2.24) is 10.2 Å². The molecule has 0 aliphatic carbocycles. The number of nitrogens with one attached hydrogen (secondary N) is 2. The molecule has 7 heteroatoms. The number of benzene rings is 1. The minimum Gasteiger partial charge on any atom is -0.349 e. The van der Waals surface area contributed by atoms with Gasteiger partial charge in [-0.05, 0) is 63.1 Å². The molecule has 2 heterocycles. The molecule has 0 atom stereocenters. The molecule has 1 aliphatic heterocycles. The predicted molar refractivity (Wildman–Crippen MR) is 116 cm³/mol. The van der Waals surface area contributed by atoms with Crippen molar-refractivity contribution >= 4 is 34.6 Å². The number of aryl methyl sites for hydroxylation is 1. The molecule has 1 aliphatic rings. The second-order valence-electron chi connectivity index (χ2n) is 7.43. The fourth-order valence-electron chi connectivity index (χ4n) is 3.39. The van der Waals surface area contributed by atoms with Crippen LogP contribution in [0, 0.1) is 6.92 Å². The lowest BCUT2D eigenvalue weighted by atomic mass is 10.0. The van der Waals surface area contributed by atoms with Gasteiger partial charge in [0.05, 0.1) is 4.88 Å². The molecule has 154 valence electrons. The lowest BCUT2D eigenvalue weighted by molar-refractivity contribution is -0.116. The molecule has 29 heavy (non-hydrogen) atoms. The summed E-state index contributed by atoms with van der Waals surface area (Å²) in [6.45, 7) is 5.95. The summed E-state index contributed by atoms with van der Waals surface area (Å²) in [6, 6.07) is 11.0. The zero-order valence-corrected chi connectivity index (χ0v) is 17.7. The Balaban J connectivity index is 1.36. The average Bonchev–Trinajstić information content (AvgIpc) is 3.14. The summed E-state index contributed by atoms with van der Waals surface area (Å²) < 4.78 is 0. The maximum Gasteiger partial charge on any atom is 0.261 e. The number of amides is 2. The zero-order chi connectivity index (χ0) is 20.8. The van der Waals surface area contributed by atoms with Gasteiger partial charge in [-0.2, -0.15) is 0 Å². The van der Waals surface area contributed by atoms with Gasteiger partial charge in [0.25, 0.3) is 5.91 Å². The van der Waals surface area contributed by atoms with Crippen LogP contribution in [0.4, 0.5) is 5.69 Å². The fraction of sp³-hybridized carbons (Fsp3) is 0.409. The van der Waals surface area contributed by atoms with E-state index >= 15 is 0 Å². The number of thiophene rings is 1. The Morgan fingerprint density at radius 2 is 1.76 bits per heavy atom. The van der Waals surface area contributed by atoms with Gasteiger partial charge in [0, 0.05) is 48.2 Å². The third kappa shape index (κ3) is 6.24. The second-order valence-corrected chi connectivity index (χ2v) is 8.72. The third-order valence-corrected chi connectivity index (χ3v) is 6.12. The van der Waals surface area contributed by atoms with E-state index in [-0.39, 0.29) is 23.6 Å². The van der Waals surface area contributed by atoms with E-state index in [0.29, 0.717) is 24.2 Å². The monoisotopic (exact) mass is 413 g/mol. The van der Waals surface area contributed by atoms with Crippen LogP contribution in [0.15, 0.2) is 36.4 Å². The van der Waals surface area contributed by atoms with Crippen molar-refractivity contribution in [3.8, 4) is 0 Å². The van der Waals surface area contributed by atoms with Crippen LogP contribution in [0.1, 0.15) is 51.1 Å². The summed E-state index contributed by atoms with van der Waals surface area (Å²) in [5.41, 5.74) is 1.33. The summed E-state index contributed by atoms with van der Waals surface area (Å²) >= 11 is 1.52. The predicted octanol–water partition coefficient (Wildman–Crippen LogP) is 3.48. The highest BCUT2D eigenvalue weighted by Crippen LogP contribution is 2.17. The number of ketones is 1. The summed E-state index contributed by atoms with van der Waals surface area (Å²) in [4.78, 5) is 39.9. The van der Waals surface area contributed by atoms with Gasteiger partial charge in [0.15, 0.2) is 5.78 Å². The molecule has 1 saturated heterocycles. The zero-order valence-electron chi connectivity index (χ0n) is 16.9. The van der Waals surface area contributed by atoms with Crippen LogP contribution in [0.2, 0.25) is 0 Å². The van der Waals surface area contributed by atoms with Gasteiger partial charge in [0.2, 0.25) is 5.91 Å². The van der Waals surface area contributed by atoms with Crippen molar-refractivity contribution in [2.75, 3.05) is 25.0 Å². The lowest BCUT2D eigenvalue weighted by Gasteiger charge is -2.32. The van der Waals surface area contributed by atoms with Crippen LogP contribution in [0.25, 0.3) is 0 Å². The Morgan fingerprint density at radius 3 is 2.34 bits per heavy atom. The Kier molecular flexibility index (Phi) is 7.17. The number of likely N-dealkylation sites (tertiary alicyclic amines) is 1. The first-order valence-corrected chi connectivity index (χ1v) is 10.7. The average molecular weight is 414 g/mol. The van der Waals surface area contributed by atoms with Crippen LogP contribution >= 0.6 is 11.3 Å². The Bertz CT molecular complexity index is 868. The SMILES string of the molecule is CC(=O)c1ccc(NC(=O)CCN2CCC(NC(=O)c3ccc(C)s3)CC2)cc1. The van der Waals surface area contributed by atoms with E-state index in [4.69, 9.17) is 0 Å². The van der Waals surface area contributed by atoms with Crippen molar-refractivity contribution in [2.24, 2.45) is 0 Å². The molecule has 6 nitrogen and oxygen atoms in total. The van der Waals surface area contributed by atoms with Gasteiger partial charge in [-0.1, -0.05) is 0 Å². The van der Waals surface area contributed by atoms with Gasteiger partial charge < -0.3 is 15.5 Å². The topological polar surface area (TPSA) is 78.5 Å². The van der Waals surface area contributed by atoms with Gasteiger partial charge in [-0.15, -0.1) is 11.3 Å². The van der Waals surface area contributed by atoms with Crippen LogP contribution in [0.3, 0.4) is 0 Å². The standard InChI is InChI=1S/C22H27N3O3S/c1-15-3-8-20(29-15)22(28)24-19-9-12-25(13-10-19)14-11-21(27)23-18-6-4-17(5-7-18)16(2)26/h3-8,19H,9-14H2,1-2H3,(H,23,27)(H,24,28). The maximum atomic E-state index is 12.3. The molecule has 1 fully saturated rings. The van der Waals surface area contributed by atoms with E-state index in [1.165, 1.54) is 18.3 Å². The van der Waals surface area contributed by atoms with E-state index in [9.17, 15) is 14.4 Å². The molecular weight excluding hydrogens is 386 g/mol. The Morgan fingerprint density at radius 1 is 1.07 bits per heavy atom. The molecule has 1 aromatic heterocycles. The highest BCUT2D eigenvalue weighted by Gasteiger charge is 2.22. The molecule has 0 spiro atoms. The van der Waals surface area contributed by atoms with Crippen LogP contribution in [-0.4, -0.2) is 48.2 Å². The van der Waals surface area contributed by atoms with Crippen LogP contribution in [0.5, 0.6) is 0 Å². The number of Topliss-reactive ketones (excluding diaryl/α,β-unsaturated/α-hetero) is 1. The van der Waals surface area contributed by atoms with E-state index in [2.05, 4.69) is 15.5 Å². The summed E-state index contributed by atoms with van der Waals surface area (Å²) in [7, 11) is 0. The molecule has 0 unspecified atom stereocenters. The van der Waals surface area contributed by atoms with E-state index in [1.54, 1.807) is 24.3 Å². The van der Waals surface area contributed by atoms with Crippen molar-refractivity contribution in [1.29, 1.82) is 0 Å². The normalized spacial score (nSPS) is 15.1. The highest BCUT2D eigenvalue weighted by atomic mass is 32.1. The van der Waals surface area contributed by atoms with Crippen LogP contribution in [-0.2, 0) is 4.79 Å². The Hall–Kier alpha value is -2.51. The largest absolute Gasteiger partial charge is 0.349 e. The molecule has 1 aromatic carbocycles. The fourth-order valence-corrected chi connectivity index (χ4v) is 4.16. The first-order chi connectivity index (χ1) is 13.9. The van der Waals surface area contributed by atoms with Gasteiger partial charge in [-0.3, -0.25) is 14.4 Å². The number of hydrogen-bond acceptors (Lipinski definition) is 5. The molecule has 0 radical (unpaired) electrons. The molecule has 2 amide bonds. The molecule has 0 bridgehead atoms. The van der Waals surface area contributed by atoms with Gasteiger partial charge in [-0.25, -0.2) is 0 Å². The van der Waals surface area contributed by atoms with Crippen molar-refractivity contribution in [2.45, 2.75) is 39.2 Å². The van der Waals surface area contributed by atoms with Gasteiger partial charge in [0.1, 0.15) is 0 Å². The number of carbonyl (C=O) groups is 3. The summed E-state index contributed by atoms with van der Waals surface area (Å²) in [5, 5.41) is 5.99.